The summed E-state index contributed by atoms with van der Waals surface area (Å²) in [5, 5.41) is 0. The van der Waals surface area contributed by atoms with Gasteiger partial charge in [0.2, 0.25) is 0 Å². The molecule has 0 aliphatic heterocycles. The van der Waals surface area contributed by atoms with E-state index < -0.39 is 11.7 Å². The largest absolute Gasteiger partial charge is 0.416 e. The minimum atomic E-state index is -4.31. The number of alkyl halides is 3. The van der Waals surface area contributed by atoms with Gasteiger partial charge in [0.25, 0.3) is 0 Å². The molecule has 1 aromatic carbocycles. The molecule has 1 unspecified atom stereocenters. The first-order valence-corrected chi connectivity index (χ1v) is 5.65. The lowest BCUT2D eigenvalue weighted by Crippen LogP contribution is -2.14. The molecule has 1 aliphatic rings. The molecule has 92 valence electrons. The Bertz CT molecular complexity index is 423. The highest BCUT2D eigenvalue weighted by Gasteiger charge is 2.31. The second-order valence-corrected chi connectivity index (χ2v) is 4.46. The van der Waals surface area contributed by atoms with Crippen molar-refractivity contribution < 1.29 is 18.0 Å². The molecule has 0 bridgehead atoms. The first kappa shape index (κ1) is 12.1. The fourth-order valence-corrected chi connectivity index (χ4v) is 2.28. The maximum absolute atomic E-state index is 12.5. The van der Waals surface area contributed by atoms with Crippen LogP contribution in [0.25, 0.3) is 0 Å². The average molecular weight is 242 g/mol. The lowest BCUT2D eigenvalue weighted by molar-refractivity contribution is -0.137. The average Bonchev–Trinajstić information content (AvgIpc) is 2.28. The van der Waals surface area contributed by atoms with Crippen LogP contribution < -0.4 is 0 Å². The highest BCUT2D eigenvalue weighted by atomic mass is 19.4. The number of hydrogen-bond acceptors (Lipinski definition) is 1. The smallest absolute Gasteiger partial charge is 0.300 e. The standard InChI is InChI=1S/C13H13F3O/c14-13(15,16)11-5-1-3-9(7-11)10-4-2-6-12(17)8-10/h1,3,5,7,10H,2,4,6,8H2. The van der Waals surface area contributed by atoms with Crippen molar-refractivity contribution in [3.05, 3.63) is 35.4 Å². The van der Waals surface area contributed by atoms with Crippen molar-refractivity contribution in [1.29, 1.82) is 0 Å². The Morgan fingerprint density at radius 3 is 2.65 bits per heavy atom. The third-order valence-corrected chi connectivity index (χ3v) is 3.17. The molecule has 0 aromatic heterocycles. The van der Waals surface area contributed by atoms with Crippen LogP contribution in [0.5, 0.6) is 0 Å². The van der Waals surface area contributed by atoms with E-state index in [0.717, 1.165) is 18.9 Å². The third kappa shape index (κ3) is 2.87. The summed E-state index contributed by atoms with van der Waals surface area (Å²) in [4.78, 5) is 11.3. The van der Waals surface area contributed by atoms with Gasteiger partial charge in [-0.2, -0.15) is 13.2 Å². The van der Waals surface area contributed by atoms with Crippen LogP contribution in [0.3, 0.4) is 0 Å². The van der Waals surface area contributed by atoms with Gasteiger partial charge in [0, 0.05) is 12.8 Å². The van der Waals surface area contributed by atoms with E-state index >= 15 is 0 Å². The maximum Gasteiger partial charge on any atom is 0.416 e. The minimum absolute atomic E-state index is 0.0430. The molecule has 0 heterocycles. The van der Waals surface area contributed by atoms with Crippen molar-refractivity contribution >= 4 is 5.78 Å². The van der Waals surface area contributed by atoms with E-state index in [1.54, 1.807) is 6.07 Å². The summed E-state index contributed by atoms with van der Waals surface area (Å²) in [6, 6.07) is 5.33. The number of halogens is 3. The van der Waals surface area contributed by atoms with E-state index in [4.69, 9.17) is 0 Å². The molecular formula is C13H13F3O. The highest BCUT2D eigenvalue weighted by Crippen LogP contribution is 2.35. The molecule has 1 aliphatic carbocycles. The van der Waals surface area contributed by atoms with Crippen LogP contribution in [0.15, 0.2) is 24.3 Å². The van der Waals surface area contributed by atoms with Gasteiger partial charge in [-0.25, -0.2) is 0 Å². The number of carbonyl (C=O) groups excluding carboxylic acids is 1. The Morgan fingerprint density at radius 1 is 1.24 bits per heavy atom. The lowest BCUT2D eigenvalue weighted by atomic mass is 9.83. The van der Waals surface area contributed by atoms with Crippen LogP contribution in [0, 0.1) is 0 Å². The molecule has 2 rings (SSSR count). The molecule has 0 spiro atoms. The maximum atomic E-state index is 12.5. The molecular weight excluding hydrogens is 229 g/mol. The predicted octanol–water partition coefficient (Wildman–Crippen LogP) is 3.93. The molecule has 1 saturated carbocycles. The summed E-state index contributed by atoms with van der Waals surface area (Å²) in [5.74, 6) is 0.109. The fourth-order valence-electron chi connectivity index (χ4n) is 2.28. The SMILES string of the molecule is O=C1CCCC(c2cccc(C(F)(F)F)c2)C1. The zero-order chi connectivity index (χ0) is 12.5. The Hall–Kier alpha value is -1.32. The zero-order valence-corrected chi connectivity index (χ0v) is 9.26. The van der Waals surface area contributed by atoms with Gasteiger partial charge in [0.15, 0.2) is 0 Å². The van der Waals surface area contributed by atoms with Crippen molar-refractivity contribution in [2.45, 2.75) is 37.8 Å². The second kappa shape index (κ2) is 4.51. The molecule has 17 heavy (non-hydrogen) atoms. The van der Waals surface area contributed by atoms with Crippen molar-refractivity contribution in [2.24, 2.45) is 0 Å². The Balaban J connectivity index is 2.24. The summed E-state index contributed by atoms with van der Waals surface area (Å²) in [6.45, 7) is 0. The molecule has 1 fully saturated rings. The van der Waals surface area contributed by atoms with E-state index in [-0.39, 0.29) is 11.7 Å². The lowest BCUT2D eigenvalue weighted by Gasteiger charge is -2.21. The third-order valence-electron chi connectivity index (χ3n) is 3.17. The van der Waals surface area contributed by atoms with Crippen molar-refractivity contribution in [2.75, 3.05) is 0 Å². The van der Waals surface area contributed by atoms with Crippen molar-refractivity contribution in [3.63, 3.8) is 0 Å². The molecule has 1 nitrogen and oxygen atoms in total. The summed E-state index contributed by atoms with van der Waals surface area (Å²) in [5.41, 5.74) is 0.000831. The van der Waals surface area contributed by atoms with Crippen LogP contribution in [0.4, 0.5) is 13.2 Å². The summed E-state index contributed by atoms with van der Waals surface area (Å²) in [7, 11) is 0. The number of ketones is 1. The molecule has 0 saturated heterocycles. The highest BCUT2D eigenvalue weighted by molar-refractivity contribution is 5.80. The molecule has 4 heteroatoms. The van der Waals surface area contributed by atoms with Gasteiger partial charge in [-0.05, 0) is 30.4 Å². The van der Waals surface area contributed by atoms with Gasteiger partial charge < -0.3 is 0 Å². The molecule has 1 atom stereocenters. The van der Waals surface area contributed by atoms with Crippen LogP contribution in [0.1, 0.15) is 42.7 Å². The Kier molecular flexibility index (Phi) is 3.22. The molecule has 1 aromatic rings. The minimum Gasteiger partial charge on any atom is -0.300 e. The van der Waals surface area contributed by atoms with Crippen LogP contribution >= 0.6 is 0 Å². The van der Waals surface area contributed by atoms with E-state index in [2.05, 4.69) is 0 Å². The number of carbonyl (C=O) groups is 1. The van der Waals surface area contributed by atoms with Crippen molar-refractivity contribution in [3.8, 4) is 0 Å². The zero-order valence-electron chi connectivity index (χ0n) is 9.26. The number of rotatable bonds is 1. The normalized spacial score (nSPS) is 21.6. The van der Waals surface area contributed by atoms with Crippen LogP contribution in [-0.4, -0.2) is 5.78 Å². The topological polar surface area (TPSA) is 17.1 Å². The van der Waals surface area contributed by atoms with Crippen LogP contribution in [-0.2, 0) is 11.0 Å². The van der Waals surface area contributed by atoms with E-state index in [9.17, 15) is 18.0 Å². The van der Waals surface area contributed by atoms with Gasteiger partial charge in [-0.3, -0.25) is 4.79 Å². The van der Waals surface area contributed by atoms with E-state index in [1.165, 1.54) is 12.1 Å². The molecule has 0 amide bonds. The molecule has 0 radical (unpaired) electrons. The first-order chi connectivity index (χ1) is 7.97. The van der Waals surface area contributed by atoms with Crippen LogP contribution in [0.2, 0.25) is 0 Å². The van der Waals surface area contributed by atoms with Gasteiger partial charge in [-0.15, -0.1) is 0 Å². The van der Waals surface area contributed by atoms with E-state index in [0.29, 0.717) is 18.4 Å². The monoisotopic (exact) mass is 242 g/mol. The van der Waals surface area contributed by atoms with Gasteiger partial charge in [0.1, 0.15) is 5.78 Å². The Labute approximate surface area is 97.6 Å². The molecule has 0 N–H and O–H groups in total. The second-order valence-electron chi connectivity index (χ2n) is 4.46. The summed E-state index contributed by atoms with van der Waals surface area (Å²) >= 11 is 0. The number of benzene rings is 1. The first-order valence-electron chi connectivity index (χ1n) is 5.65. The van der Waals surface area contributed by atoms with Gasteiger partial charge in [0.05, 0.1) is 5.56 Å². The quantitative estimate of drug-likeness (QED) is 0.729. The number of hydrogen-bond donors (Lipinski definition) is 0. The Morgan fingerprint density at radius 2 is 2.00 bits per heavy atom. The number of Topliss-reactive ketones (excluding diaryl/α,β-unsaturated/α-hetero) is 1. The van der Waals surface area contributed by atoms with Gasteiger partial charge in [-0.1, -0.05) is 18.2 Å². The van der Waals surface area contributed by atoms with E-state index in [1.807, 2.05) is 0 Å². The van der Waals surface area contributed by atoms with Gasteiger partial charge >= 0.3 is 6.18 Å². The summed E-state index contributed by atoms with van der Waals surface area (Å²) < 4.78 is 37.6. The van der Waals surface area contributed by atoms with Crippen molar-refractivity contribution in [1.82, 2.24) is 0 Å². The summed E-state index contributed by atoms with van der Waals surface area (Å²) in [6.07, 6.45) is -1.79. The predicted molar refractivity (Wildman–Crippen MR) is 57.7 cm³/mol. The fraction of sp³-hybridized carbons (Fsp3) is 0.462.